The number of ketones is 1. The number of amides is 2. The number of benzene rings is 1. The lowest BCUT2D eigenvalue weighted by atomic mass is 9.74. The molecule has 1 aromatic carbocycles. The average molecular weight is 762 g/mol. The van der Waals surface area contributed by atoms with Crippen molar-refractivity contribution < 1.29 is 62.7 Å². The van der Waals surface area contributed by atoms with Crippen LogP contribution in [0.15, 0.2) is 35.5 Å². The third kappa shape index (κ3) is 8.88. The number of alkyl carbamates (subject to hydrolysis) is 1. The molecule has 0 unspecified atom stereocenters. The highest BCUT2D eigenvalue weighted by molar-refractivity contribution is 6.03. The summed E-state index contributed by atoms with van der Waals surface area (Å²) in [7, 11) is 3.59. The van der Waals surface area contributed by atoms with Crippen molar-refractivity contribution in [2.75, 3.05) is 14.1 Å². The molecule has 1 aromatic rings. The Morgan fingerprint density at radius 3 is 2.26 bits per heavy atom. The van der Waals surface area contributed by atoms with Gasteiger partial charge in [-0.05, 0) is 73.2 Å². The van der Waals surface area contributed by atoms with E-state index < -0.39 is 108 Å². The predicted octanol–water partition coefficient (Wildman–Crippen LogP) is 4.09. The maximum Gasteiger partial charge on any atom is 0.509 e. The number of hydrogen-bond donors (Lipinski definition) is 3. The van der Waals surface area contributed by atoms with Gasteiger partial charge >= 0.3 is 18.2 Å². The van der Waals surface area contributed by atoms with Crippen molar-refractivity contribution in [3.05, 3.63) is 35.9 Å². The van der Waals surface area contributed by atoms with E-state index in [4.69, 9.17) is 28.4 Å². The van der Waals surface area contributed by atoms with Crippen LogP contribution in [0.1, 0.15) is 85.0 Å². The molecule has 3 aliphatic heterocycles. The second-order valence-electron chi connectivity index (χ2n) is 15.4. The van der Waals surface area contributed by atoms with E-state index in [2.05, 4.69) is 10.5 Å². The number of Topliss-reactive ketones (excluding diaryl/α,β-unsaturated/α-hetero) is 1. The number of rotatable bonds is 6. The molecule has 16 heteroatoms. The minimum absolute atomic E-state index is 0.0969. The maximum absolute atomic E-state index is 14.4. The van der Waals surface area contributed by atoms with Crippen LogP contribution in [0.2, 0.25) is 0 Å². The number of fused-ring (bicyclic) bond motifs is 1. The Morgan fingerprint density at radius 2 is 1.67 bits per heavy atom. The first-order valence-electron chi connectivity index (χ1n) is 18.4. The van der Waals surface area contributed by atoms with Crippen LogP contribution >= 0.6 is 0 Å². The fourth-order valence-corrected chi connectivity index (χ4v) is 8.14. The van der Waals surface area contributed by atoms with Gasteiger partial charge in [0.1, 0.15) is 29.8 Å². The largest absolute Gasteiger partial charge is 0.509 e. The molecule has 54 heavy (non-hydrogen) atoms. The summed E-state index contributed by atoms with van der Waals surface area (Å²) in [6.07, 6.45) is -8.33. The first-order chi connectivity index (χ1) is 25.3. The summed E-state index contributed by atoms with van der Waals surface area (Å²) >= 11 is 0. The van der Waals surface area contributed by atoms with Gasteiger partial charge in [-0.2, -0.15) is 0 Å². The van der Waals surface area contributed by atoms with E-state index in [9.17, 15) is 34.3 Å². The number of carbonyl (C=O) groups is 5. The number of likely N-dealkylation sites (N-methyl/N-ethyl adjacent to an activating group) is 1. The number of imide groups is 1. The Hall–Kier alpha value is -4.12. The summed E-state index contributed by atoms with van der Waals surface area (Å²) in [5, 5.41) is 27.8. The normalized spacial score (nSPS) is 38.8. The van der Waals surface area contributed by atoms with Crippen molar-refractivity contribution in [2.24, 2.45) is 28.8 Å². The number of oxime groups is 1. The summed E-state index contributed by atoms with van der Waals surface area (Å²) in [6.45, 7) is 12.8. The molecule has 0 saturated carbocycles. The number of esters is 1. The fraction of sp³-hybridized carbons (Fsp3) is 0.684. The van der Waals surface area contributed by atoms with Crippen molar-refractivity contribution in [3.63, 3.8) is 0 Å². The first kappa shape index (κ1) is 42.6. The number of aliphatic hydroxyl groups excluding tert-OH is 1. The van der Waals surface area contributed by atoms with Crippen LogP contribution in [0.3, 0.4) is 0 Å². The van der Waals surface area contributed by atoms with Crippen molar-refractivity contribution in [2.45, 2.75) is 129 Å². The third-order valence-corrected chi connectivity index (χ3v) is 11.0. The SMILES string of the molecule is CC[C@@H]1OC(=O)[C@H](C)C(=O)[C@H](C)[C@@H](O[C@@H]2O[C@H](C)C[C@H](N(C)C)[C@H]2O)[C@@](C)(OC(=O)NC(=O)c2ccccc2)C[C@@H](C)/C(=N\O)[C@@H](C)[C@H]2OC(=O)O[C@]12C. The predicted molar refractivity (Wildman–Crippen MR) is 192 cm³/mol. The molecule has 3 aliphatic rings. The van der Waals surface area contributed by atoms with Gasteiger partial charge in [-0.1, -0.05) is 51.0 Å². The number of hydrogen-bond acceptors (Lipinski definition) is 15. The summed E-state index contributed by atoms with van der Waals surface area (Å²) in [5.74, 6) is -6.61. The van der Waals surface area contributed by atoms with Gasteiger partial charge in [-0.25, -0.2) is 9.59 Å². The lowest BCUT2D eigenvalue weighted by Gasteiger charge is -2.47. The maximum atomic E-state index is 14.4. The lowest BCUT2D eigenvalue weighted by molar-refractivity contribution is -0.292. The van der Waals surface area contributed by atoms with Gasteiger partial charge in [0.05, 0.1) is 11.8 Å². The van der Waals surface area contributed by atoms with Gasteiger partial charge in [-0.15, -0.1) is 0 Å². The zero-order valence-electron chi connectivity index (χ0n) is 32.6. The number of nitrogens with one attached hydrogen (secondary N) is 1. The zero-order valence-corrected chi connectivity index (χ0v) is 32.6. The fourth-order valence-electron chi connectivity index (χ4n) is 8.14. The molecule has 3 N–H and O–H groups in total. The smallest absolute Gasteiger partial charge is 0.457 e. The van der Waals surface area contributed by atoms with Gasteiger partial charge in [0.15, 0.2) is 23.8 Å². The number of carbonyl (C=O) groups excluding carboxylic acids is 5. The summed E-state index contributed by atoms with van der Waals surface area (Å²) < 4.78 is 35.9. The van der Waals surface area contributed by atoms with Crippen LogP contribution in [0.4, 0.5) is 9.59 Å². The van der Waals surface area contributed by atoms with Crippen LogP contribution in [-0.2, 0) is 38.0 Å². The average Bonchev–Trinajstić information content (AvgIpc) is 3.43. The van der Waals surface area contributed by atoms with Gasteiger partial charge in [-0.3, -0.25) is 19.7 Å². The van der Waals surface area contributed by atoms with Gasteiger partial charge in [0.25, 0.3) is 5.91 Å². The van der Waals surface area contributed by atoms with Gasteiger partial charge in [0, 0.05) is 29.4 Å². The number of nitrogens with zero attached hydrogens (tertiary/aromatic N) is 2. The summed E-state index contributed by atoms with van der Waals surface area (Å²) in [6, 6.07) is 7.55. The standard InChI is InChI=1S/C38H55N3O13/c1-11-26-38(8)31(52-36(47)54-38)21(4)27(40-48)19(2)18-37(7,53-35(46)39-32(44)24-15-13-12-14-16-24)30(22(5)28(42)23(6)33(45)50-26)51-34-29(43)25(41(9)10)17-20(3)49-34/h12-16,19-23,25-26,29-31,34,43,48H,11,17-18H2,1-10H3,(H,39,44,46)/b40-27+/t19-,20-,21-,22+,23-,25+,26+,29-,30-,31-,34+,37+,38-/m1/s1. The molecule has 2 amide bonds. The quantitative estimate of drug-likeness (QED) is 0.123. The second kappa shape index (κ2) is 17.1. The highest BCUT2D eigenvalue weighted by Gasteiger charge is 2.59. The molecule has 300 valence electrons. The Morgan fingerprint density at radius 1 is 1.02 bits per heavy atom. The zero-order chi connectivity index (χ0) is 40.3. The molecule has 0 aliphatic carbocycles. The van der Waals surface area contributed by atoms with Gasteiger partial charge in [0.2, 0.25) is 0 Å². The molecule has 16 nitrogen and oxygen atoms in total. The van der Waals surface area contributed by atoms with E-state index in [1.807, 2.05) is 11.8 Å². The van der Waals surface area contributed by atoms with Crippen LogP contribution in [0.5, 0.6) is 0 Å². The molecule has 3 heterocycles. The number of cyclic esters (lactones) is 1. The van der Waals surface area contributed by atoms with Crippen LogP contribution < -0.4 is 5.32 Å². The molecule has 0 bridgehead atoms. The second-order valence-corrected chi connectivity index (χ2v) is 15.4. The Balaban J connectivity index is 1.86. The highest BCUT2D eigenvalue weighted by Crippen LogP contribution is 2.42. The van der Waals surface area contributed by atoms with Gasteiger partial charge < -0.3 is 43.6 Å². The van der Waals surface area contributed by atoms with Crippen molar-refractivity contribution in [1.82, 2.24) is 10.2 Å². The Labute approximate surface area is 315 Å². The third-order valence-electron chi connectivity index (χ3n) is 11.0. The van der Waals surface area contributed by atoms with Crippen LogP contribution in [0, 0.1) is 23.7 Å². The van der Waals surface area contributed by atoms with E-state index >= 15 is 0 Å². The minimum atomic E-state index is -1.87. The number of aliphatic hydroxyl groups is 1. The molecule has 3 fully saturated rings. The van der Waals surface area contributed by atoms with E-state index in [0.29, 0.717) is 6.42 Å². The topological polar surface area (TPSA) is 209 Å². The van der Waals surface area contributed by atoms with E-state index in [-0.39, 0.29) is 24.1 Å². The lowest BCUT2D eigenvalue weighted by Crippen LogP contribution is -2.60. The van der Waals surface area contributed by atoms with E-state index in [0.717, 1.165) is 0 Å². The summed E-state index contributed by atoms with van der Waals surface area (Å²) in [5.41, 5.74) is -3.14. The molecule has 0 radical (unpaired) electrons. The van der Waals surface area contributed by atoms with Crippen molar-refractivity contribution in [1.29, 1.82) is 0 Å². The van der Waals surface area contributed by atoms with E-state index in [1.165, 1.54) is 32.9 Å². The van der Waals surface area contributed by atoms with Crippen LogP contribution in [-0.4, -0.2) is 119 Å². The molecule has 3 saturated heterocycles. The molecule has 4 rings (SSSR count). The summed E-state index contributed by atoms with van der Waals surface area (Å²) in [4.78, 5) is 69.3. The minimum Gasteiger partial charge on any atom is -0.457 e. The Kier molecular flexibility index (Phi) is 13.5. The molecule has 0 spiro atoms. The highest BCUT2D eigenvalue weighted by atomic mass is 16.8. The van der Waals surface area contributed by atoms with Crippen molar-refractivity contribution in [3.8, 4) is 0 Å². The molecular weight excluding hydrogens is 706 g/mol. The van der Waals surface area contributed by atoms with E-state index in [1.54, 1.807) is 60.0 Å². The van der Waals surface area contributed by atoms with Crippen molar-refractivity contribution >= 4 is 35.6 Å². The Bertz CT molecular complexity index is 1570. The van der Waals surface area contributed by atoms with Crippen LogP contribution in [0.25, 0.3) is 0 Å². The first-order valence-corrected chi connectivity index (χ1v) is 18.4. The monoisotopic (exact) mass is 761 g/mol. The molecule has 0 aromatic heterocycles. The molecular formula is C38H55N3O13. The number of ether oxygens (including phenoxy) is 6. The molecule has 13 atom stereocenters.